The molecule has 0 spiro atoms. The van der Waals surface area contributed by atoms with Crippen molar-refractivity contribution < 1.29 is 14.3 Å². The third kappa shape index (κ3) is 3.20. The van der Waals surface area contributed by atoms with Gasteiger partial charge in [0.15, 0.2) is 0 Å². The van der Waals surface area contributed by atoms with E-state index in [9.17, 15) is 9.59 Å². The summed E-state index contributed by atoms with van der Waals surface area (Å²) in [7, 11) is 0. The summed E-state index contributed by atoms with van der Waals surface area (Å²) < 4.78 is 4.89. The molecule has 0 bridgehead atoms. The average molecular weight is 307 g/mol. The molecule has 2 aliphatic rings. The highest BCUT2D eigenvalue weighted by atomic mass is 16.5. The number of carbonyl (C=O) groups excluding carboxylic acids is 2. The molecule has 1 saturated heterocycles. The monoisotopic (exact) mass is 307 g/mol. The van der Waals surface area contributed by atoms with E-state index in [1.807, 2.05) is 4.90 Å². The van der Waals surface area contributed by atoms with E-state index in [0.29, 0.717) is 13.2 Å². The van der Waals surface area contributed by atoms with Gasteiger partial charge in [-0.05, 0) is 26.2 Å². The van der Waals surface area contributed by atoms with Crippen LogP contribution in [0.5, 0.6) is 0 Å². The van der Waals surface area contributed by atoms with Gasteiger partial charge in [-0.2, -0.15) is 5.10 Å². The second-order valence-electron chi connectivity index (χ2n) is 5.81. The SMILES string of the molecule is CCOC(=O)N[C@@H]1CCCN(C(=O)[C@H]2C[C@@H]2c2ncn[nH]2)C1. The number of rotatable bonds is 4. The van der Waals surface area contributed by atoms with Crippen LogP contribution in [0.15, 0.2) is 6.33 Å². The Morgan fingerprint density at radius 1 is 1.55 bits per heavy atom. The van der Waals surface area contributed by atoms with E-state index in [4.69, 9.17) is 4.74 Å². The number of nitrogens with zero attached hydrogens (tertiary/aromatic N) is 3. The highest BCUT2D eigenvalue weighted by molar-refractivity contribution is 5.83. The molecule has 0 aromatic carbocycles. The van der Waals surface area contributed by atoms with E-state index in [-0.39, 0.29) is 23.8 Å². The van der Waals surface area contributed by atoms with Gasteiger partial charge in [0.25, 0.3) is 0 Å². The van der Waals surface area contributed by atoms with E-state index < -0.39 is 6.09 Å². The van der Waals surface area contributed by atoms with E-state index in [1.165, 1.54) is 6.33 Å². The van der Waals surface area contributed by atoms with Crippen LogP contribution in [0.3, 0.4) is 0 Å². The maximum absolute atomic E-state index is 12.5. The van der Waals surface area contributed by atoms with E-state index >= 15 is 0 Å². The number of aromatic amines is 1. The van der Waals surface area contributed by atoms with Crippen LogP contribution in [-0.4, -0.2) is 57.8 Å². The highest BCUT2D eigenvalue weighted by Gasteiger charge is 2.48. The molecule has 1 aliphatic heterocycles. The van der Waals surface area contributed by atoms with Crippen molar-refractivity contribution in [3.8, 4) is 0 Å². The lowest BCUT2D eigenvalue weighted by atomic mass is 10.1. The number of aromatic nitrogens is 3. The topological polar surface area (TPSA) is 100 Å². The Labute approximate surface area is 128 Å². The van der Waals surface area contributed by atoms with E-state index in [2.05, 4.69) is 20.5 Å². The van der Waals surface area contributed by atoms with Crippen LogP contribution in [0.25, 0.3) is 0 Å². The quantitative estimate of drug-likeness (QED) is 0.850. The van der Waals surface area contributed by atoms with Crippen LogP contribution < -0.4 is 5.32 Å². The minimum absolute atomic E-state index is 0.00528. The fraction of sp³-hybridized carbons (Fsp3) is 0.714. The number of piperidine rings is 1. The minimum Gasteiger partial charge on any atom is -0.450 e. The second kappa shape index (κ2) is 6.33. The molecule has 1 aromatic rings. The first-order valence-electron chi connectivity index (χ1n) is 7.76. The molecule has 3 atom stereocenters. The molecule has 8 nitrogen and oxygen atoms in total. The summed E-state index contributed by atoms with van der Waals surface area (Å²) >= 11 is 0. The zero-order valence-electron chi connectivity index (χ0n) is 12.6. The smallest absolute Gasteiger partial charge is 0.407 e. The van der Waals surface area contributed by atoms with Crippen molar-refractivity contribution in [2.75, 3.05) is 19.7 Å². The number of nitrogens with one attached hydrogen (secondary N) is 2. The first-order chi connectivity index (χ1) is 10.7. The number of ether oxygens (including phenoxy) is 1. The molecule has 2 fully saturated rings. The molecule has 3 rings (SSSR count). The number of carbonyl (C=O) groups is 2. The Balaban J connectivity index is 1.52. The van der Waals surface area contributed by atoms with Crippen LogP contribution >= 0.6 is 0 Å². The third-order valence-electron chi connectivity index (χ3n) is 4.22. The van der Waals surface area contributed by atoms with Crippen molar-refractivity contribution in [2.45, 2.75) is 38.1 Å². The summed E-state index contributed by atoms with van der Waals surface area (Å²) in [4.78, 5) is 30.0. The van der Waals surface area contributed by atoms with Crippen LogP contribution in [0.4, 0.5) is 4.79 Å². The first kappa shape index (κ1) is 14.8. The number of H-pyrrole nitrogens is 1. The summed E-state index contributed by atoms with van der Waals surface area (Å²) in [5.41, 5.74) is 0. The lowest BCUT2D eigenvalue weighted by molar-refractivity contribution is -0.134. The molecule has 8 heteroatoms. The highest BCUT2D eigenvalue weighted by Crippen LogP contribution is 2.47. The second-order valence-corrected chi connectivity index (χ2v) is 5.81. The molecule has 2 N–H and O–H groups in total. The number of alkyl carbamates (subject to hydrolysis) is 1. The Kier molecular flexibility index (Phi) is 4.26. The summed E-state index contributed by atoms with van der Waals surface area (Å²) in [5, 5.41) is 9.48. The Bertz CT molecular complexity index is 533. The Morgan fingerprint density at radius 2 is 2.41 bits per heavy atom. The molecule has 120 valence electrons. The fourth-order valence-corrected chi connectivity index (χ4v) is 3.03. The van der Waals surface area contributed by atoms with Crippen molar-refractivity contribution in [2.24, 2.45) is 5.92 Å². The van der Waals surface area contributed by atoms with Crippen molar-refractivity contribution in [1.29, 1.82) is 0 Å². The first-order valence-corrected chi connectivity index (χ1v) is 7.76. The van der Waals surface area contributed by atoms with Gasteiger partial charge >= 0.3 is 6.09 Å². The number of likely N-dealkylation sites (tertiary alicyclic amines) is 1. The maximum Gasteiger partial charge on any atom is 0.407 e. The Hall–Kier alpha value is -2.12. The molecule has 0 radical (unpaired) electrons. The normalized spacial score (nSPS) is 27.3. The Morgan fingerprint density at radius 3 is 3.14 bits per heavy atom. The average Bonchev–Trinajstić information content (AvgIpc) is 3.12. The zero-order valence-corrected chi connectivity index (χ0v) is 12.6. The summed E-state index contributed by atoms with van der Waals surface area (Å²) in [6, 6.07) is -0.0285. The van der Waals surface area contributed by atoms with Crippen molar-refractivity contribution in [3.05, 3.63) is 12.2 Å². The lowest BCUT2D eigenvalue weighted by Crippen LogP contribution is -2.50. The predicted molar refractivity (Wildman–Crippen MR) is 77.0 cm³/mol. The van der Waals surface area contributed by atoms with Gasteiger partial charge in [-0.1, -0.05) is 0 Å². The number of hydrogen-bond acceptors (Lipinski definition) is 5. The molecule has 1 aliphatic carbocycles. The van der Waals surface area contributed by atoms with Gasteiger partial charge in [0.05, 0.1) is 6.61 Å². The van der Waals surface area contributed by atoms with Crippen molar-refractivity contribution >= 4 is 12.0 Å². The third-order valence-corrected chi connectivity index (χ3v) is 4.22. The molecular weight excluding hydrogens is 286 g/mol. The maximum atomic E-state index is 12.5. The number of amides is 2. The van der Waals surface area contributed by atoms with E-state index in [0.717, 1.165) is 31.6 Å². The van der Waals surface area contributed by atoms with Crippen LogP contribution in [-0.2, 0) is 9.53 Å². The van der Waals surface area contributed by atoms with Gasteiger partial charge in [0.2, 0.25) is 5.91 Å². The number of hydrogen-bond donors (Lipinski definition) is 2. The predicted octanol–water partition coefficient (Wildman–Crippen LogP) is 0.645. The zero-order chi connectivity index (χ0) is 15.5. The lowest BCUT2D eigenvalue weighted by Gasteiger charge is -2.33. The van der Waals surface area contributed by atoms with Crippen LogP contribution in [0, 0.1) is 5.92 Å². The van der Waals surface area contributed by atoms with Gasteiger partial charge in [0.1, 0.15) is 12.2 Å². The molecule has 1 saturated carbocycles. The largest absolute Gasteiger partial charge is 0.450 e. The molecule has 1 aromatic heterocycles. The van der Waals surface area contributed by atoms with Gasteiger partial charge in [-0.25, -0.2) is 9.78 Å². The molecule has 22 heavy (non-hydrogen) atoms. The van der Waals surface area contributed by atoms with Gasteiger partial charge in [-0.15, -0.1) is 0 Å². The minimum atomic E-state index is -0.409. The summed E-state index contributed by atoms with van der Waals surface area (Å²) in [6.45, 7) is 3.42. The van der Waals surface area contributed by atoms with E-state index in [1.54, 1.807) is 6.92 Å². The van der Waals surface area contributed by atoms with Crippen molar-refractivity contribution in [3.63, 3.8) is 0 Å². The molecule has 2 amide bonds. The van der Waals surface area contributed by atoms with Gasteiger partial charge < -0.3 is 15.0 Å². The van der Waals surface area contributed by atoms with Gasteiger partial charge in [0, 0.05) is 31.0 Å². The van der Waals surface area contributed by atoms with Crippen LogP contribution in [0.1, 0.15) is 37.9 Å². The molecule has 0 unspecified atom stereocenters. The molecular formula is C14H21N5O3. The molecule has 2 heterocycles. The fourth-order valence-electron chi connectivity index (χ4n) is 3.03. The van der Waals surface area contributed by atoms with Crippen molar-refractivity contribution in [1.82, 2.24) is 25.4 Å². The summed E-state index contributed by atoms with van der Waals surface area (Å²) in [5.74, 6) is 1.09. The summed E-state index contributed by atoms with van der Waals surface area (Å²) in [6.07, 6.45) is 3.64. The standard InChI is InChI=1S/C14H21N5O3/c1-2-22-14(21)17-9-4-3-5-19(7-9)13(20)11-6-10(11)12-15-8-16-18-12/h8-11H,2-7H2,1H3,(H,17,21)(H,15,16,18)/t9-,10+,11+/m1/s1. The van der Waals surface area contributed by atoms with Gasteiger partial charge in [-0.3, -0.25) is 9.89 Å². The van der Waals surface area contributed by atoms with Crippen LogP contribution in [0.2, 0.25) is 0 Å².